The fraction of sp³-hybridized carbons (Fsp3) is 0.172. The minimum absolute atomic E-state index is 0.0134. The van der Waals surface area contributed by atoms with Crippen LogP contribution in [0.4, 0.5) is 9.52 Å². The van der Waals surface area contributed by atoms with Gasteiger partial charge in [-0.05, 0) is 54.4 Å². The molecule has 202 valence electrons. The highest BCUT2D eigenvalue weighted by atomic mass is 35.5. The summed E-state index contributed by atoms with van der Waals surface area (Å²) in [6.45, 7) is 1.94. The van der Waals surface area contributed by atoms with Crippen molar-refractivity contribution >= 4 is 57.3 Å². The van der Waals surface area contributed by atoms with Crippen molar-refractivity contribution in [2.75, 3.05) is 4.90 Å². The number of hydrogen-bond donors (Lipinski definition) is 1. The molecule has 0 spiro atoms. The number of Topliss-reactive ketones (excluding diaryl/α,β-unsaturated/α-hetero) is 1. The van der Waals surface area contributed by atoms with Crippen LogP contribution in [-0.4, -0.2) is 33.1 Å². The molecule has 1 amide bonds. The van der Waals surface area contributed by atoms with E-state index < -0.39 is 29.3 Å². The minimum atomic E-state index is -1.23. The lowest BCUT2D eigenvalue weighted by molar-refractivity contribution is -0.132. The van der Waals surface area contributed by atoms with Crippen molar-refractivity contribution < 1.29 is 23.8 Å². The van der Waals surface area contributed by atoms with Crippen LogP contribution in [0.1, 0.15) is 35.2 Å². The Morgan fingerprint density at radius 3 is 2.70 bits per heavy atom. The Labute approximate surface area is 242 Å². The number of ketones is 1. The average molecular weight is 594 g/mol. The summed E-state index contributed by atoms with van der Waals surface area (Å²) in [6, 6.07) is 17.1. The first-order chi connectivity index (χ1) is 19.3. The third kappa shape index (κ3) is 4.87. The number of carbonyl (C=O) groups excluding carboxylic acids is 2. The van der Waals surface area contributed by atoms with Gasteiger partial charge in [0.1, 0.15) is 29.5 Å². The molecule has 1 fully saturated rings. The predicted molar refractivity (Wildman–Crippen MR) is 152 cm³/mol. The van der Waals surface area contributed by atoms with Gasteiger partial charge in [-0.25, -0.2) is 4.39 Å². The highest BCUT2D eigenvalue weighted by Crippen LogP contribution is 2.45. The number of aliphatic hydroxyl groups excluding tert-OH is 1. The lowest BCUT2D eigenvalue weighted by Crippen LogP contribution is -2.29. The molecule has 3 heterocycles. The van der Waals surface area contributed by atoms with Gasteiger partial charge in [-0.3, -0.25) is 14.5 Å². The minimum Gasteiger partial charge on any atom is -0.507 e. The van der Waals surface area contributed by atoms with Crippen LogP contribution < -0.4 is 9.64 Å². The second-order valence-electron chi connectivity index (χ2n) is 9.41. The van der Waals surface area contributed by atoms with E-state index in [9.17, 15) is 14.7 Å². The largest absolute Gasteiger partial charge is 0.507 e. The van der Waals surface area contributed by atoms with E-state index in [0.717, 1.165) is 27.4 Å². The maximum Gasteiger partial charge on any atom is 0.301 e. The van der Waals surface area contributed by atoms with E-state index in [1.807, 2.05) is 19.1 Å². The van der Waals surface area contributed by atoms with Crippen molar-refractivity contribution in [3.63, 3.8) is 0 Å². The van der Waals surface area contributed by atoms with Crippen molar-refractivity contribution in [2.24, 2.45) is 0 Å². The smallest absolute Gasteiger partial charge is 0.301 e. The van der Waals surface area contributed by atoms with Gasteiger partial charge in [-0.15, -0.1) is 10.2 Å². The first kappa shape index (κ1) is 26.5. The van der Waals surface area contributed by atoms with E-state index in [1.165, 1.54) is 30.0 Å². The van der Waals surface area contributed by atoms with Gasteiger partial charge >= 0.3 is 5.91 Å². The van der Waals surface area contributed by atoms with E-state index in [2.05, 4.69) is 10.2 Å². The monoisotopic (exact) mass is 593 g/mol. The van der Waals surface area contributed by atoms with Crippen molar-refractivity contribution in [2.45, 2.75) is 35.6 Å². The first-order valence-electron chi connectivity index (χ1n) is 12.4. The van der Waals surface area contributed by atoms with Crippen LogP contribution >= 0.6 is 34.7 Å². The van der Waals surface area contributed by atoms with Gasteiger partial charge in [0.2, 0.25) is 5.13 Å². The number of aliphatic hydroxyl groups is 1. The third-order valence-corrected chi connectivity index (χ3v) is 9.07. The number of hydrogen-bond acceptors (Lipinski definition) is 8. The summed E-state index contributed by atoms with van der Waals surface area (Å²) in [5, 5.41) is 20.5. The van der Waals surface area contributed by atoms with Crippen LogP contribution in [0.25, 0.3) is 5.76 Å². The molecular formula is C29H21ClFN3O4S2. The summed E-state index contributed by atoms with van der Waals surface area (Å²) in [6.07, 6.45) is 0.628. The SMILES string of the molecule is CC1Cc2cc(/C(O)=C3/C(=O)C(=O)N(c4nnc(SCc5ccc(Cl)cc5)s4)C3c3ccccc3F)ccc2O1. The first-order valence-corrected chi connectivity index (χ1v) is 14.5. The fourth-order valence-electron chi connectivity index (χ4n) is 4.83. The molecule has 1 aromatic heterocycles. The van der Waals surface area contributed by atoms with Gasteiger partial charge in [-0.1, -0.05) is 65.0 Å². The lowest BCUT2D eigenvalue weighted by Gasteiger charge is -2.22. The molecule has 2 unspecified atom stereocenters. The maximum absolute atomic E-state index is 15.2. The summed E-state index contributed by atoms with van der Waals surface area (Å²) in [7, 11) is 0. The number of carbonyl (C=O) groups is 2. The highest BCUT2D eigenvalue weighted by molar-refractivity contribution is 8.00. The molecule has 0 bridgehead atoms. The van der Waals surface area contributed by atoms with Gasteiger partial charge in [0.15, 0.2) is 4.34 Å². The number of amides is 1. The number of fused-ring (bicyclic) bond motifs is 1. The van der Waals surface area contributed by atoms with E-state index in [4.69, 9.17) is 16.3 Å². The topological polar surface area (TPSA) is 92.6 Å². The second kappa shape index (κ2) is 10.7. The number of aromatic nitrogens is 2. The average Bonchev–Trinajstić information content (AvgIpc) is 3.63. The lowest BCUT2D eigenvalue weighted by atomic mass is 9.94. The van der Waals surface area contributed by atoms with Crippen LogP contribution in [0.2, 0.25) is 5.02 Å². The Balaban J connectivity index is 1.39. The zero-order valence-corrected chi connectivity index (χ0v) is 23.4. The second-order valence-corrected chi connectivity index (χ2v) is 12.0. The van der Waals surface area contributed by atoms with Gasteiger partial charge in [0.05, 0.1) is 5.57 Å². The molecule has 2 aliphatic heterocycles. The standard InChI is InChI=1S/C29H21ClFN3O4S2/c1-15-12-18-13-17(8-11-22(18)38-15)25(35)23-24(20-4-2-3-5-21(20)31)34(27(37)26(23)36)28-32-33-29(40-28)39-14-16-6-9-19(30)10-7-16/h2-11,13,15,24,35H,12,14H2,1H3/b25-23-. The number of thioether (sulfide) groups is 1. The molecule has 2 aliphatic rings. The summed E-state index contributed by atoms with van der Waals surface area (Å²) in [5.74, 6) is -1.57. The Hall–Kier alpha value is -3.73. The number of rotatable bonds is 6. The molecule has 1 N–H and O–H groups in total. The van der Waals surface area contributed by atoms with Gasteiger partial charge in [0.25, 0.3) is 5.78 Å². The Morgan fingerprint density at radius 2 is 1.93 bits per heavy atom. The number of anilines is 1. The van der Waals surface area contributed by atoms with E-state index in [1.54, 1.807) is 36.4 Å². The summed E-state index contributed by atoms with van der Waals surface area (Å²) < 4.78 is 21.5. The normalized spacial score (nSPS) is 19.6. The predicted octanol–water partition coefficient (Wildman–Crippen LogP) is 6.57. The van der Waals surface area contributed by atoms with Crippen LogP contribution in [-0.2, 0) is 21.8 Å². The Kier molecular flexibility index (Phi) is 7.07. The van der Waals surface area contributed by atoms with Gasteiger partial charge in [-0.2, -0.15) is 0 Å². The third-order valence-electron chi connectivity index (χ3n) is 6.69. The molecule has 7 nitrogen and oxygen atoms in total. The molecule has 2 atom stereocenters. The van der Waals surface area contributed by atoms with Crippen LogP contribution in [0.15, 0.2) is 76.6 Å². The van der Waals surface area contributed by atoms with Crippen molar-refractivity contribution in [3.05, 3.63) is 105 Å². The molecular weight excluding hydrogens is 573 g/mol. The highest BCUT2D eigenvalue weighted by Gasteiger charge is 2.49. The zero-order chi connectivity index (χ0) is 28.0. The summed E-state index contributed by atoms with van der Waals surface area (Å²) >= 11 is 8.48. The van der Waals surface area contributed by atoms with E-state index in [0.29, 0.717) is 32.8 Å². The van der Waals surface area contributed by atoms with Gasteiger partial charge in [0, 0.05) is 28.3 Å². The fourth-order valence-corrected chi connectivity index (χ4v) is 6.78. The number of benzene rings is 3. The van der Waals surface area contributed by atoms with Gasteiger partial charge < -0.3 is 9.84 Å². The van der Waals surface area contributed by atoms with Crippen molar-refractivity contribution in [1.82, 2.24) is 10.2 Å². The summed E-state index contributed by atoms with van der Waals surface area (Å²) in [4.78, 5) is 27.9. The number of ether oxygens (including phenoxy) is 1. The van der Waals surface area contributed by atoms with Crippen LogP contribution in [0, 0.1) is 5.82 Å². The molecule has 1 saturated heterocycles. The van der Waals surface area contributed by atoms with Crippen LogP contribution in [0.5, 0.6) is 5.75 Å². The molecule has 0 saturated carbocycles. The molecule has 40 heavy (non-hydrogen) atoms. The van der Waals surface area contributed by atoms with E-state index in [-0.39, 0.29) is 22.4 Å². The molecule has 0 aliphatic carbocycles. The molecule has 4 aromatic rings. The Morgan fingerprint density at radius 1 is 1.15 bits per heavy atom. The number of halogens is 2. The maximum atomic E-state index is 15.2. The Bertz CT molecular complexity index is 1670. The molecule has 11 heteroatoms. The zero-order valence-electron chi connectivity index (χ0n) is 21.0. The quantitative estimate of drug-likeness (QED) is 0.0888. The van der Waals surface area contributed by atoms with Crippen molar-refractivity contribution in [3.8, 4) is 5.75 Å². The molecule has 6 rings (SSSR count). The molecule has 3 aromatic carbocycles. The number of nitrogens with zero attached hydrogens (tertiary/aromatic N) is 3. The van der Waals surface area contributed by atoms with E-state index >= 15 is 4.39 Å². The van der Waals surface area contributed by atoms with Crippen molar-refractivity contribution in [1.29, 1.82) is 0 Å². The van der Waals surface area contributed by atoms with Crippen LogP contribution in [0.3, 0.4) is 0 Å². The molecule has 0 radical (unpaired) electrons. The summed E-state index contributed by atoms with van der Waals surface area (Å²) in [5.41, 5.74) is 2.08.